The molecule has 2 aromatic heterocycles. The van der Waals surface area contributed by atoms with Crippen LogP contribution in [0.2, 0.25) is 0 Å². The van der Waals surface area contributed by atoms with Crippen LogP contribution in [0.3, 0.4) is 0 Å². The van der Waals surface area contributed by atoms with Gasteiger partial charge in [0, 0.05) is 17.1 Å². The largest absolute Gasteiger partial charge is 0.476 e. The van der Waals surface area contributed by atoms with Gasteiger partial charge in [0.1, 0.15) is 23.3 Å². The van der Waals surface area contributed by atoms with Crippen LogP contribution in [0.25, 0.3) is 10.9 Å². The van der Waals surface area contributed by atoms with Crippen LogP contribution >= 0.6 is 0 Å². The summed E-state index contributed by atoms with van der Waals surface area (Å²) in [5.41, 5.74) is 1.19. The van der Waals surface area contributed by atoms with Gasteiger partial charge in [0.15, 0.2) is 6.10 Å². The number of nitrogens with zero attached hydrogens (tertiary/aromatic N) is 2. The van der Waals surface area contributed by atoms with Gasteiger partial charge in [-0.25, -0.2) is 4.98 Å². The number of oxazole rings is 1. The molecule has 0 aliphatic heterocycles. The average Bonchev–Trinajstić information content (AvgIpc) is 3.17. The van der Waals surface area contributed by atoms with Gasteiger partial charge in [-0.05, 0) is 38.1 Å². The van der Waals surface area contributed by atoms with E-state index in [0.29, 0.717) is 17.3 Å². The van der Waals surface area contributed by atoms with Crippen molar-refractivity contribution in [3.63, 3.8) is 0 Å². The van der Waals surface area contributed by atoms with E-state index in [9.17, 15) is 5.11 Å². The van der Waals surface area contributed by atoms with Gasteiger partial charge >= 0.3 is 0 Å². The lowest BCUT2D eigenvalue weighted by molar-refractivity contribution is 0.0736. The van der Waals surface area contributed by atoms with Crippen molar-refractivity contribution in [2.24, 2.45) is 0 Å². The summed E-state index contributed by atoms with van der Waals surface area (Å²) >= 11 is 0. The highest BCUT2D eigenvalue weighted by atomic mass is 16.5. The van der Waals surface area contributed by atoms with Crippen LogP contribution in [0.1, 0.15) is 37.1 Å². The van der Waals surface area contributed by atoms with Crippen molar-refractivity contribution >= 4 is 10.9 Å². The van der Waals surface area contributed by atoms with Gasteiger partial charge in [-0.15, -0.1) is 0 Å². The summed E-state index contributed by atoms with van der Waals surface area (Å²) < 4.78 is 11.9. The standard InChI is InChI=1S/C22H20N2O3/c1-22(2,25)19-14-26-21(24-19)20(15-7-4-3-5-8-15)27-17-10-11-18-16(13-17)9-6-12-23-18/h3-14,20,25H,1-2H3. The second-order valence-electron chi connectivity index (χ2n) is 6.90. The van der Waals surface area contributed by atoms with Crippen molar-refractivity contribution in [1.29, 1.82) is 0 Å². The molecule has 1 atom stereocenters. The molecule has 1 N–H and O–H groups in total. The second-order valence-corrected chi connectivity index (χ2v) is 6.90. The topological polar surface area (TPSA) is 68.4 Å². The van der Waals surface area contributed by atoms with Gasteiger partial charge in [0.25, 0.3) is 0 Å². The molecule has 0 aliphatic rings. The molecule has 2 heterocycles. The Morgan fingerprint density at radius 3 is 2.59 bits per heavy atom. The fourth-order valence-corrected chi connectivity index (χ4v) is 2.84. The number of ether oxygens (including phenoxy) is 1. The predicted octanol–water partition coefficient (Wildman–Crippen LogP) is 4.62. The van der Waals surface area contributed by atoms with E-state index in [1.54, 1.807) is 20.0 Å². The third kappa shape index (κ3) is 3.68. The van der Waals surface area contributed by atoms with Crippen LogP contribution in [-0.4, -0.2) is 15.1 Å². The van der Waals surface area contributed by atoms with Crippen molar-refractivity contribution in [3.05, 3.63) is 90.3 Å². The van der Waals surface area contributed by atoms with E-state index < -0.39 is 11.7 Å². The Morgan fingerprint density at radius 1 is 1.04 bits per heavy atom. The van der Waals surface area contributed by atoms with E-state index in [4.69, 9.17) is 9.15 Å². The van der Waals surface area contributed by atoms with Crippen molar-refractivity contribution in [2.75, 3.05) is 0 Å². The first-order chi connectivity index (χ1) is 13.0. The highest BCUT2D eigenvalue weighted by Crippen LogP contribution is 2.31. The smallest absolute Gasteiger partial charge is 0.240 e. The summed E-state index contributed by atoms with van der Waals surface area (Å²) in [6.45, 7) is 3.34. The SMILES string of the molecule is CC(C)(O)c1coc(C(Oc2ccc3ncccc3c2)c2ccccc2)n1. The molecule has 0 saturated carbocycles. The predicted molar refractivity (Wildman–Crippen MR) is 102 cm³/mol. The Labute approximate surface area is 157 Å². The highest BCUT2D eigenvalue weighted by molar-refractivity contribution is 5.79. The second kappa shape index (κ2) is 6.85. The lowest BCUT2D eigenvalue weighted by Crippen LogP contribution is -2.17. The van der Waals surface area contributed by atoms with Crippen molar-refractivity contribution in [1.82, 2.24) is 9.97 Å². The number of aliphatic hydroxyl groups is 1. The van der Waals surface area contributed by atoms with Crippen LogP contribution in [-0.2, 0) is 5.60 Å². The molecule has 136 valence electrons. The summed E-state index contributed by atoms with van der Waals surface area (Å²) in [5.74, 6) is 1.08. The molecule has 0 radical (unpaired) electrons. The fraction of sp³-hybridized carbons (Fsp3) is 0.182. The minimum absolute atomic E-state index is 0.393. The molecular weight excluding hydrogens is 340 g/mol. The summed E-state index contributed by atoms with van der Waals surface area (Å²) in [7, 11) is 0. The molecular formula is C22H20N2O3. The molecule has 0 amide bonds. The molecule has 4 rings (SSSR count). The first-order valence-corrected chi connectivity index (χ1v) is 8.75. The van der Waals surface area contributed by atoms with Gasteiger partial charge in [0.05, 0.1) is 5.52 Å². The molecule has 0 bridgehead atoms. The van der Waals surface area contributed by atoms with Crippen LogP contribution in [0, 0.1) is 0 Å². The van der Waals surface area contributed by atoms with Gasteiger partial charge < -0.3 is 14.3 Å². The summed E-state index contributed by atoms with van der Waals surface area (Å²) in [6, 6.07) is 19.4. The zero-order valence-corrected chi connectivity index (χ0v) is 15.2. The number of benzene rings is 2. The van der Waals surface area contributed by atoms with Crippen LogP contribution in [0.5, 0.6) is 5.75 Å². The molecule has 0 aliphatic carbocycles. The van der Waals surface area contributed by atoms with E-state index in [1.165, 1.54) is 6.26 Å². The maximum atomic E-state index is 10.2. The monoisotopic (exact) mass is 360 g/mol. The molecule has 1 unspecified atom stereocenters. The van der Waals surface area contributed by atoms with Gasteiger partial charge in [-0.3, -0.25) is 4.98 Å². The molecule has 4 aromatic rings. The van der Waals surface area contributed by atoms with E-state index >= 15 is 0 Å². The zero-order chi connectivity index (χ0) is 18.9. The number of fused-ring (bicyclic) bond motifs is 1. The first kappa shape index (κ1) is 17.2. The Bertz CT molecular complexity index is 1050. The van der Waals surface area contributed by atoms with Gasteiger partial charge in [0.2, 0.25) is 5.89 Å². The lowest BCUT2D eigenvalue weighted by atomic mass is 10.1. The highest BCUT2D eigenvalue weighted by Gasteiger charge is 2.26. The Hall–Kier alpha value is -3.18. The maximum Gasteiger partial charge on any atom is 0.240 e. The fourth-order valence-electron chi connectivity index (χ4n) is 2.84. The molecule has 0 fully saturated rings. The average molecular weight is 360 g/mol. The Kier molecular flexibility index (Phi) is 4.38. The lowest BCUT2D eigenvalue weighted by Gasteiger charge is -2.17. The zero-order valence-electron chi connectivity index (χ0n) is 15.2. The summed E-state index contributed by atoms with van der Waals surface area (Å²) in [6.07, 6.45) is 2.70. The van der Waals surface area contributed by atoms with Crippen LogP contribution in [0.15, 0.2) is 77.5 Å². The first-order valence-electron chi connectivity index (χ1n) is 8.75. The molecule has 5 nitrogen and oxygen atoms in total. The summed E-state index contributed by atoms with van der Waals surface area (Å²) in [4.78, 5) is 8.80. The van der Waals surface area contributed by atoms with Crippen LogP contribution < -0.4 is 4.74 Å². The molecule has 0 saturated heterocycles. The quantitative estimate of drug-likeness (QED) is 0.562. The number of pyridine rings is 1. The van der Waals surface area contributed by atoms with Gasteiger partial charge in [-0.1, -0.05) is 36.4 Å². The molecule has 0 spiro atoms. The van der Waals surface area contributed by atoms with Crippen LogP contribution in [0.4, 0.5) is 0 Å². The third-order valence-electron chi connectivity index (χ3n) is 4.30. The normalized spacial score (nSPS) is 12.9. The van der Waals surface area contributed by atoms with Crippen molar-refractivity contribution < 1.29 is 14.3 Å². The number of hydrogen-bond donors (Lipinski definition) is 1. The maximum absolute atomic E-state index is 10.2. The Morgan fingerprint density at radius 2 is 1.85 bits per heavy atom. The van der Waals surface area contributed by atoms with E-state index in [0.717, 1.165) is 16.5 Å². The minimum atomic E-state index is -1.09. The molecule has 5 heteroatoms. The minimum Gasteiger partial charge on any atom is -0.476 e. The van der Waals surface area contributed by atoms with Crippen molar-refractivity contribution in [3.8, 4) is 5.75 Å². The van der Waals surface area contributed by atoms with Gasteiger partial charge in [-0.2, -0.15) is 0 Å². The number of rotatable bonds is 5. The summed E-state index contributed by atoms with van der Waals surface area (Å²) in [5, 5.41) is 11.2. The number of hydrogen-bond acceptors (Lipinski definition) is 5. The number of aromatic nitrogens is 2. The van der Waals surface area contributed by atoms with E-state index in [-0.39, 0.29) is 0 Å². The third-order valence-corrected chi connectivity index (χ3v) is 4.30. The van der Waals surface area contributed by atoms with E-state index in [1.807, 2.05) is 60.7 Å². The molecule has 2 aromatic carbocycles. The Balaban J connectivity index is 1.72. The van der Waals surface area contributed by atoms with E-state index in [2.05, 4.69) is 9.97 Å². The van der Waals surface area contributed by atoms with Crippen molar-refractivity contribution in [2.45, 2.75) is 25.6 Å². The molecule has 27 heavy (non-hydrogen) atoms.